The molecule has 1 amide bonds. The molecule has 6 nitrogen and oxygen atoms in total. The molecular formula is C25H34N2O4Si. The van der Waals surface area contributed by atoms with Gasteiger partial charge in [0.05, 0.1) is 34.9 Å². The van der Waals surface area contributed by atoms with Crippen LogP contribution in [0.2, 0.25) is 19.6 Å². The third-order valence-electron chi connectivity index (χ3n) is 5.75. The number of hydrogen-bond donors (Lipinski definition) is 1. The Morgan fingerprint density at radius 3 is 2.22 bits per heavy atom. The number of carbonyl (C=O) groups excluding carboxylic acids is 2. The molecule has 1 unspecified atom stereocenters. The van der Waals surface area contributed by atoms with Crippen molar-refractivity contribution >= 4 is 25.0 Å². The lowest BCUT2D eigenvalue weighted by Gasteiger charge is -2.27. The number of nitrogens with zero attached hydrogens (tertiary/aromatic N) is 1. The number of nitrogens with one attached hydrogen (secondary N) is 1. The molecule has 172 valence electrons. The average Bonchev–Trinajstić information content (AvgIpc) is 2.78. The number of amides is 1. The van der Waals surface area contributed by atoms with Crippen molar-refractivity contribution in [3.05, 3.63) is 59.7 Å². The molecule has 1 aliphatic rings. The van der Waals surface area contributed by atoms with Crippen molar-refractivity contribution in [2.24, 2.45) is 0 Å². The zero-order valence-electron chi connectivity index (χ0n) is 19.5. The first kappa shape index (κ1) is 24.2. The molecule has 1 fully saturated rings. The summed E-state index contributed by atoms with van der Waals surface area (Å²) in [6.45, 7) is 9.86. The fourth-order valence-corrected chi connectivity index (χ4v) is 4.91. The molecule has 1 atom stereocenters. The molecular weight excluding hydrogens is 420 g/mol. The van der Waals surface area contributed by atoms with E-state index >= 15 is 0 Å². The number of hydrogen-bond acceptors (Lipinski definition) is 5. The number of methoxy groups -OCH3 is 1. The fraction of sp³-hybridized carbons (Fsp3) is 0.440. The predicted octanol–water partition coefficient (Wildman–Crippen LogP) is 2.54. The van der Waals surface area contributed by atoms with Crippen LogP contribution in [0.3, 0.4) is 0 Å². The molecule has 1 N–H and O–H groups in total. The first-order valence-corrected chi connectivity index (χ1v) is 14.6. The Morgan fingerprint density at radius 2 is 1.66 bits per heavy atom. The molecule has 0 saturated carbocycles. The number of morpholine rings is 1. The van der Waals surface area contributed by atoms with Gasteiger partial charge in [-0.25, -0.2) is 0 Å². The summed E-state index contributed by atoms with van der Waals surface area (Å²) < 4.78 is 10.6. The van der Waals surface area contributed by atoms with Gasteiger partial charge in [-0.1, -0.05) is 61.2 Å². The molecule has 2 aromatic rings. The van der Waals surface area contributed by atoms with Crippen LogP contribution in [-0.4, -0.2) is 64.6 Å². The minimum atomic E-state index is -1.39. The van der Waals surface area contributed by atoms with Gasteiger partial charge in [-0.05, 0) is 23.3 Å². The van der Waals surface area contributed by atoms with Crippen LogP contribution in [0.4, 0.5) is 0 Å². The van der Waals surface area contributed by atoms with Crippen LogP contribution in [0.15, 0.2) is 48.5 Å². The molecule has 0 radical (unpaired) electrons. The molecule has 1 heterocycles. The summed E-state index contributed by atoms with van der Waals surface area (Å²) in [6, 6.07) is 14.9. The number of ether oxygens (including phenoxy) is 2. The van der Waals surface area contributed by atoms with Crippen molar-refractivity contribution in [2.75, 3.05) is 40.0 Å². The molecule has 0 bridgehead atoms. The van der Waals surface area contributed by atoms with E-state index in [1.807, 2.05) is 41.3 Å². The van der Waals surface area contributed by atoms with Crippen molar-refractivity contribution in [1.29, 1.82) is 0 Å². The summed E-state index contributed by atoms with van der Waals surface area (Å²) in [5.74, 6) is 0.517. The minimum absolute atomic E-state index is 0.0359. The predicted molar refractivity (Wildman–Crippen MR) is 129 cm³/mol. The summed E-state index contributed by atoms with van der Waals surface area (Å²) in [6.07, 6.45) is 0.264. The Hall–Kier alpha value is -2.48. The fourth-order valence-electron chi connectivity index (χ4n) is 3.74. The SMILES string of the molecule is COc1ccc(C(NC(=O)CN2CCOCC2)C(=O)Cc2ccc([Si](C)(C)C)cc2)cc1. The lowest BCUT2D eigenvalue weighted by atomic mass is 9.97. The zero-order valence-corrected chi connectivity index (χ0v) is 20.5. The third kappa shape index (κ3) is 6.76. The Balaban J connectivity index is 1.74. The Bertz CT molecular complexity index is 901. The highest BCUT2D eigenvalue weighted by atomic mass is 28.3. The molecule has 2 aromatic carbocycles. The number of benzene rings is 2. The standard InChI is InChI=1S/C25H34N2O4Si/c1-30-21-9-7-20(8-10-21)25(26-24(29)18-27-13-15-31-16-14-27)23(28)17-19-5-11-22(12-6-19)32(2,3)4/h5-12,25H,13-18H2,1-4H3,(H,26,29). The van der Waals surface area contributed by atoms with Gasteiger partial charge in [-0.3, -0.25) is 14.5 Å². The van der Waals surface area contributed by atoms with Gasteiger partial charge < -0.3 is 14.8 Å². The van der Waals surface area contributed by atoms with E-state index in [2.05, 4.69) is 37.1 Å². The van der Waals surface area contributed by atoms with Crippen molar-refractivity contribution < 1.29 is 19.1 Å². The van der Waals surface area contributed by atoms with Crippen LogP contribution in [0, 0.1) is 0 Å². The molecule has 0 aromatic heterocycles. The Morgan fingerprint density at radius 1 is 1.03 bits per heavy atom. The third-order valence-corrected chi connectivity index (χ3v) is 7.81. The van der Waals surface area contributed by atoms with Crippen LogP contribution in [-0.2, 0) is 20.7 Å². The molecule has 7 heteroatoms. The summed E-state index contributed by atoms with van der Waals surface area (Å²) in [4.78, 5) is 28.1. The average molecular weight is 455 g/mol. The molecule has 0 spiro atoms. The zero-order chi connectivity index (χ0) is 23.1. The lowest BCUT2D eigenvalue weighted by Crippen LogP contribution is -2.45. The van der Waals surface area contributed by atoms with Crippen molar-refractivity contribution in [2.45, 2.75) is 32.1 Å². The normalized spacial score (nSPS) is 15.8. The maximum atomic E-state index is 13.3. The van der Waals surface area contributed by atoms with Crippen LogP contribution in [0.25, 0.3) is 0 Å². The smallest absolute Gasteiger partial charge is 0.235 e. The Labute approximate surface area is 191 Å². The molecule has 0 aliphatic carbocycles. The van der Waals surface area contributed by atoms with E-state index < -0.39 is 14.1 Å². The number of rotatable bonds is 9. The highest BCUT2D eigenvalue weighted by Gasteiger charge is 2.25. The van der Waals surface area contributed by atoms with Gasteiger partial charge in [-0.15, -0.1) is 0 Å². The van der Waals surface area contributed by atoms with E-state index in [9.17, 15) is 9.59 Å². The topological polar surface area (TPSA) is 67.9 Å². The van der Waals surface area contributed by atoms with Gasteiger partial charge in [-0.2, -0.15) is 0 Å². The van der Waals surface area contributed by atoms with Crippen molar-refractivity contribution in [3.8, 4) is 5.75 Å². The number of ketones is 1. The van der Waals surface area contributed by atoms with Gasteiger partial charge in [0.2, 0.25) is 5.91 Å². The van der Waals surface area contributed by atoms with Crippen molar-refractivity contribution in [1.82, 2.24) is 10.2 Å². The first-order chi connectivity index (χ1) is 15.3. The van der Waals surface area contributed by atoms with E-state index in [1.165, 1.54) is 5.19 Å². The Kier molecular flexibility index (Phi) is 8.23. The highest BCUT2D eigenvalue weighted by Crippen LogP contribution is 2.20. The summed E-state index contributed by atoms with van der Waals surface area (Å²) >= 11 is 0. The van der Waals surface area contributed by atoms with E-state index in [0.29, 0.717) is 19.0 Å². The lowest BCUT2D eigenvalue weighted by molar-refractivity contribution is -0.129. The van der Waals surface area contributed by atoms with Crippen LogP contribution >= 0.6 is 0 Å². The van der Waals surface area contributed by atoms with E-state index in [0.717, 1.165) is 24.2 Å². The van der Waals surface area contributed by atoms with E-state index in [4.69, 9.17) is 9.47 Å². The van der Waals surface area contributed by atoms with Crippen LogP contribution < -0.4 is 15.2 Å². The van der Waals surface area contributed by atoms with Gasteiger partial charge in [0.25, 0.3) is 0 Å². The van der Waals surface area contributed by atoms with Crippen LogP contribution in [0.5, 0.6) is 5.75 Å². The number of Topliss-reactive ketones (excluding diaryl/α,β-unsaturated/α-hetero) is 1. The largest absolute Gasteiger partial charge is 0.497 e. The minimum Gasteiger partial charge on any atom is -0.497 e. The maximum absolute atomic E-state index is 13.3. The molecule has 3 rings (SSSR count). The summed E-state index contributed by atoms with van der Waals surface area (Å²) in [5, 5.41) is 4.33. The van der Waals surface area contributed by atoms with Gasteiger partial charge in [0, 0.05) is 19.5 Å². The summed E-state index contributed by atoms with van der Waals surface area (Å²) in [7, 11) is 0.213. The number of carbonyl (C=O) groups is 2. The summed E-state index contributed by atoms with van der Waals surface area (Å²) in [5.41, 5.74) is 1.71. The van der Waals surface area contributed by atoms with E-state index in [-0.39, 0.29) is 24.7 Å². The van der Waals surface area contributed by atoms with Gasteiger partial charge in [0.15, 0.2) is 5.78 Å². The van der Waals surface area contributed by atoms with Gasteiger partial charge >= 0.3 is 0 Å². The van der Waals surface area contributed by atoms with E-state index in [1.54, 1.807) is 7.11 Å². The highest BCUT2D eigenvalue weighted by molar-refractivity contribution is 6.88. The van der Waals surface area contributed by atoms with Crippen LogP contribution in [0.1, 0.15) is 17.2 Å². The second-order valence-electron chi connectivity index (χ2n) is 9.25. The first-order valence-electron chi connectivity index (χ1n) is 11.1. The molecule has 1 saturated heterocycles. The monoisotopic (exact) mass is 454 g/mol. The molecule has 1 aliphatic heterocycles. The second-order valence-corrected chi connectivity index (χ2v) is 14.3. The quantitative estimate of drug-likeness (QED) is 0.590. The van der Waals surface area contributed by atoms with Gasteiger partial charge in [0.1, 0.15) is 11.8 Å². The maximum Gasteiger partial charge on any atom is 0.235 e. The second kappa shape index (κ2) is 10.9. The van der Waals surface area contributed by atoms with Crippen molar-refractivity contribution in [3.63, 3.8) is 0 Å². The molecule has 32 heavy (non-hydrogen) atoms.